The van der Waals surface area contributed by atoms with E-state index in [4.69, 9.17) is 14.5 Å². The third-order valence-electron chi connectivity index (χ3n) is 6.94. The molecule has 2 aromatic carbocycles. The van der Waals surface area contributed by atoms with E-state index in [-0.39, 0.29) is 11.6 Å². The highest BCUT2D eigenvalue weighted by Crippen LogP contribution is 2.35. The predicted molar refractivity (Wildman–Crippen MR) is 152 cm³/mol. The van der Waals surface area contributed by atoms with Crippen LogP contribution in [-0.4, -0.2) is 46.0 Å². The minimum Gasteiger partial charge on any atom is -0.352 e. The molecule has 0 atom stereocenters. The lowest BCUT2D eigenvalue weighted by atomic mass is 9.92. The van der Waals surface area contributed by atoms with Crippen molar-refractivity contribution in [3.8, 4) is 22.5 Å². The number of carbonyl (C=O) groups excluding carboxylic acids is 2. The molecular formula is C31H29N5O4. The molecule has 0 saturated carbocycles. The van der Waals surface area contributed by atoms with Gasteiger partial charge in [-0.15, -0.1) is 5.10 Å². The Morgan fingerprint density at radius 1 is 0.950 bits per heavy atom. The summed E-state index contributed by atoms with van der Waals surface area (Å²) in [4.78, 5) is 33.4. The van der Waals surface area contributed by atoms with Crippen LogP contribution < -0.4 is 5.32 Å². The predicted octanol–water partition coefficient (Wildman–Crippen LogP) is 5.74. The molecule has 5 aromatic rings. The lowest BCUT2D eigenvalue weighted by Crippen LogP contribution is -2.15. The molecule has 9 heteroatoms. The zero-order valence-electron chi connectivity index (χ0n) is 22.9. The Balaban J connectivity index is 1.46. The molecule has 0 saturated heterocycles. The van der Waals surface area contributed by atoms with Crippen molar-refractivity contribution in [2.75, 3.05) is 19.5 Å². The van der Waals surface area contributed by atoms with Crippen LogP contribution in [0.15, 0.2) is 67.0 Å². The van der Waals surface area contributed by atoms with Gasteiger partial charge in [0.1, 0.15) is 5.69 Å². The molecule has 0 aliphatic carbocycles. The van der Waals surface area contributed by atoms with Crippen molar-refractivity contribution in [3.05, 3.63) is 101 Å². The van der Waals surface area contributed by atoms with Gasteiger partial charge < -0.3 is 14.8 Å². The van der Waals surface area contributed by atoms with Gasteiger partial charge in [0.15, 0.2) is 24.0 Å². The van der Waals surface area contributed by atoms with Crippen LogP contribution in [0.1, 0.15) is 49.4 Å². The summed E-state index contributed by atoms with van der Waals surface area (Å²) >= 11 is 0. The Morgan fingerprint density at radius 2 is 1.65 bits per heavy atom. The Kier molecular flexibility index (Phi) is 7.50. The van der Waals surface area contributed by atoms with E-state index in [1.54, 1.807) is 49.3 Å². The molecule has 1 N–H and O–H groups in total. The van der Waals surface area contributed by atoms with Crippen molar-refractivity contribution in [1.29, 1.82) is 0 Å². The number of ether oxygens (including phenoxy) is 2. The average Bonchev–Trinajstić information content (AvgIpc) is 3.40. The molecule has 1 amide bonds. The van der Waals surface area contributed by atoms with Gasteiger partial charge in [0.25, 0.3) is 5.91 Å². The number of hydrogen-bond acceptors (Lipinski definition) is 7. The number of carbonyl (C=O) groups is 2. The molecule has 9 nitrogen and oxygen atoms in total. The molecule has 0 aliphatic rings. The smallest absolute Gasteiger partial charge is 0.274 e. The lowest BCUT2D eigenvalue weighted by molar-refractivity contribution is -0.106. The highest BCUT2D eigenvalue weighted by molar-refractivity contribution is 6.03. The largest absolute Gasteiger partial charge is 0.352 e. The van der Waals surface area contributed by atoms with E-state index < -0.39 is 6.29 Å². The fraction of sp³-hybridized carbons (Fsp3) is 0.194. The summed E-state index contributed by atoms with van der Waals surface area (Å²) in [6.45, 7) is 5.92. The molecule has 0 radical (unpaired) electrons. The Labute approximate surface area is 231 Å². The Bertz CT molecular complexity index is 1720. The first-order chi connectivity index (χ1) is 19.3. The summed E-state index contributed by atoms with van der Waals surface area (Å²) in [5.74, 6) is 0.258. The number of aryl methyl sites for hydroxylation is 1. The van der Waals surface area contributed by atoms with E-state index >= 15 is 0 Å². The number of aldehydes is 1. The highest BCUT2D eigenvalue weighted by Gasteiger charge is 2.18. The van der Waals surface area contributed by atoms with Gasteiger partial charge in [-0.1, -0.05) is 36.4 Å². The van der Waals surface area contributed by atoms with Crippen molar-refractivity contribution in [3.63, 3.8) is 0 Å². The normalized spacial score (nSPS) is 11.2. The fourth-order valence-electron chi connectivity index (χ4n) is 4.82. The van der Waals surface area contributed by atoms with E-state index in [0.717, 1.165) is 45.2 Å². The first kappa shape index (κ1) is 26.9. The minimum absolute atomic E-state index is 0.281. The number of rotatable bonds is 8. The van der Waals surface area contributed by atoms with Crippen molar-refractivity contribution >= 4 is 23.5 Å². The number of amides is 1. The number of anilines is 1. The number of pyridine rings is 2. The molecule has 0 spiro atoms. The van der Waals surface area contributed by atoms with Crippen molar-refractivity contribution in [2.24, 2.45) is 0 Å². The minimum atomic E-state index is -0.545. The van der Waals surface area contributed by atoms with Gasteiger partial charge in [-0.2, -0.15) is 0 Å². The van der Waals surface area contributed by atoms with Gasteiger partial charge in [-0.05, 0) is 66.8 Å². The van der Waals surface area contributed by atoms with Crippen molar-refractivity contribution in [2.45, 2.75) is 27.1 Å². The van der Waals surface area contributed by atoms with Crippen LogP contribution >= 0.6 is 0 Å². The fourth-order valence-corrected chi connectivity index (χ4v) is 4.82. The van der Waals surface area contributed by atoms with Gasteiger partial charge in [0, 0.05) is 49.0 Å². The maximum absolute atomic E-state index is 13.0. The molecule has 202 valence electrons. The zero-order chi connectivity index (χ0) is 28.4. The number of hydrogen-bond donors (Lipinski definition) is 1. The van der Waals surface area contributed by atoms with E-state index in [2.05, 4.69) is 15.4 Å². The molecule has 0 fully saturated rings. The van der Waals surface area contributed by atoms with Crippen LogP contribution in [-0.2, 0) is 9.47 Å². The molecule has 3 heterocycles. The number of nitrogens with one attached hydrogen (secondary N) is 1. The summed E-state index contributed by atoms with van der Waals surface area (Å²) in [6.07, 6.45) is 3.50. The summed E-state index contributed by atoms with van der Waals surface area (Å²) in [6, 6.07) is 17.0. The molecular weight excluding hydrogens is 506 g/mol. The van der Waals surface area contributed by atoms with Gasteiger partial charge in [-0.3, -0.25) is 14.6 Å². The van der Waals surface area contributed by atoms with Gasteiger partial charge in [0.05, 0.1) is 0 Å². The van der Waals surface area contributed by atoms with Crippen LogP contribution in [0.25, 0.3) is 28.2 Å². The Morgan fingerprint density at radius 3 is 2.33 bits per heavy atom. The monoisotopic (exact) mass is 535 g/mol. The second-order valence-corrected chi connectivity index (χ2v) is 9.47. The lowest BCUT2D eigenvalue weighted by Gasteiger charge is -2.16. The first-order valence-electron chi connectivity index (χ1n) is 12.7. The first-order valence-corrected chi connectivity index (χ1v) is 12.7. The maximum atomic E-state index is 13.0. The molecule has 3 aromatic heterocycles. The number of methoxy groups -OCH3 is 2. The number of benzene rings is 2. The molecule has 0 bridgehead atoms. The van der Waals surface area contributed by atoms with E-state index in [0.29, 0.717) is 22.7 Å². The van der Waals surface area contributed by atoms with Crippen LogP contribution in [0.4, 0.5) is 5.69 Å². The van der Waals surface area contributed by atoms with Crippen molar-refractivity contribution < 1.29 is 19.1 Å². The standard InChI is InChI=1S/C31H29N5O4/c1-18-14-21(17-37)16-36-29(18)34-28(35-36)25-10-6-8-23(19(25)2)24-9-7-11-26(20(24)3)33-30(38)27-13-12-22(15-32-27)31(39-4)40-5/h6-17,31H,1-5H3,(H,33,38). The third kappa shape index (κ3) is 5.00. The van der Waals surface area contributed by atoms with Crippen LogP contribution in [0, 0.1) is 20.8 Å². The second-order valence-electron chi connectivity index (χ2n) is 9.47. The van der Waals surface area contributed by atoms with Gasteiger partial charge >= 0.3 is 0 Å². The van der Waals surface area contributed by atoms with Gasteiger partial charge in [-0.25, -0.2) is 9.50 Å². The average molecular weight is 536 g/mol. The summed E-state index contributed by atoms with van der Waals surface area (Å²) in [7, 11) is 3.09. The van der Waals surface area contributed by atoms with E-state index in [9.17, 15) is 9.59 Å². The highest BCUT2D eigenvalue weighted by atomic mass is 16.7. The quantitative estimate of drug-likeness (QED) is 0.199. The Hall–Kier alpha value is -4.73. The maximum Gasteiger partial charge on any atom is 0.274 e. The molecule has 0 aliphatic heterocycles. The van der Waals surface area contributed by atoms with Gasteiger partial charge in [0.2, 0.25) is 0 Å². The topological polar surface area (TPSA) is 108 Å². The molecule has 5 rings (SSSR count). The number of fused-ring (bicyclic) bond motifs is 1. The van der Waals surface area contributed by atoms with Crippen LogP contribution in [0.3, 0.4) is 0 Å². The van der Waals surface area contributed by atoms with Crippen LogP contribution in [0.2, 0.25) is 0 Å². The summed E-state index contributed by atoms with van der Waals surface area (Å²) in [5.41, 5.74) is 8.59. The van der Waals surface area contributed by atoms with Crippen LogP contribution in [0.5, 0.6) is 0 Å². The SMILES string of the molecule is COC(OC)c1ccc(C(=O)Nc2cccc(-c3cccc(-c4nc5c(C)cc(C=O)cn5n4)c3C)c2C)nc1. The van der Waals surface area contributed by atoms with E-state index in [1.165, 1.54) is 0 Å². The van der Waals surface area contributed by atoms with E-state index in [1.807, 2.05) is 57.2 Å². The molecule has 0 unspecified atom stereocenters. The molecule has 40 heavy (non-hydrogen) atoms. The summed E-state index contributed by atoms with van der Waals surface area (Å²) < 4.78 is 12.1. The van der Waals surface area contributed by atoms with Crippen molar-refractivity contribution in [1.82, 2.24) is 19.6 Å². The third-order valence-corrected chi connectivity index (χ3v) is 6.94. The second kappa shape index (κ2) is 11.2. The number of aromatic nitrogens is 4. The zero-order valence-corrected chi connectivity index (χ0v) is 22.9. The summed E-state index contributed by atoms with van der Waals surface area (Å²) in [5, 5.41) is 7.65. The number of nitrogens with zero attached hydrogens (tertiary/aromatic N) is 4.